The monoisotopic (exact) mass is 844 g/mol. The van der Waals surface area contributed by atoms with E-state index in [0.29, 0.717) is 5.82 Å². The maximum absolute atomic E-state index is 5.20. The van der Waals surface area contributed by atoms with Crippen molar-refractivity contribution in [1.29, 1.82) is 0 Å². The standard InChI is InChI=1S/C62H44N4/c1-5-17-45(18-6-1)47-29-33-51(34-30-47)61-63-62(52-35-31-48(32-36-52)46-19-7-2-8-20-46)66(64-61)56-43-39-50(40-44-56)58-26-14-16-28-60(58)59-27-15-13-25-57(59)49-37-41-55(42-38-49)65(53-21-9-3-10-22-53)54-23-11-4-12-24-54/h1-44H. The van der Waals surface area contributed by atoms with E-state index < -0.39 is 0 Å². The molecule has 0 aliphatic carbocycles. The van der Waals surface area contributed by atoms with Crippen LogP contribution in [0.1, 0.15) is 0 Å². The fourth-order valence-electron chi connectivity index (χ4n) is 8.80. The Bertz CT molecular complexity index is 3310. The van der Waals surface area contributed by atoms with Crippen molar-refractivity contribution in [1.82, 2.24) is 14.8 Å². The third kappa shape index (κ3) is 8.11. The summed E-state index contributed by atoms with van der Waals surface area (Å²) in [4.78, 5) is 7.49. The Labute approximate surface area is 386 Å². The first-order chi connectivity index (χ1) is 32.7. The Morgan fingerprint density at radius 1 is 0.258 bits per heavy atom. The zero-order valence-corrected chi connectivity index (χ0v) is 36.2. The number of benzene rings is 10. The largest absolute Gasteiger partial charge is 0.311 e. The molecule has 0 fully saturated rings. The van der Waals surface area contributed by atoms with E-state index in [-0.39, 0.29) is 0 Å². The summed E-state index contributed by atoms with van der Waals surface area (Å²) in [5, 5.41) is 5.18. The summed E-state index contributed by atoms with van der Waals surface area (Å²) in [6, 6.07) is 94.1. The molecule has 10 aromatic carbocycles. The average molecular weight is 845 g/mol. The Balaban J connectivity index is 0.931. The zero-order valence-electron chi connectivity index (χ0n) is 36.2. The van der Waals surface area contributed by atoms with Gasteiger partial charge in [-0.25, -0.2) is 9.67 Å². The number of nitrogens with zero attached hydrogens (tertiary/aromatic N) is 4. The van der Waals surface area contributed by atoms with Crippen LogP contribution in [0.25, 0.3) is 84.1 Å². The van der Waals surface area contributed by atoms with E-state index in [4.69, 9.17) is 10.1 Å². The highest BCUT2D eigenvalue weighted by Gasteiger charge is 2.18. The molecule has 66 heavy (non-hydrogen) atoms. The lowest BCUT2D eigenvalue weighted by atomic mass is 9.89. The second-order valence-electron chi connectivity index (χ2n) is 16.2. The first-order valence-electron chi connectivity index (χ1n) is 22.3. The number of para-hydroxylation sites is 2. The Hall–Kier alpha value is -8.86. The van der Waals surface area contributed by atoms with Crippen molar-refractivity contribution in [2.45, 2.75) is 0 Å². The lowest BCUT2D eigenvalue weighted by Gasteiger charge is -2.25. The molecule has 0 saturated carbocycles. The molecular formula is C62H44N4. The lowest BCUT2D eigenvalue weighted by Crippen LogP contribution is -2.09. The second-order valence-corrected chi connectivity index (χ2v) is 16.2. The second kappa shape index (κ2) is 18.1. The van der Waals surface area contributed by atoms with Crippen LogP contribution in [0.15, 0.2) is 267 Å². The van der Waals surface area contributed by atoms with Crippen LogP contribution < -0.4 is 4.90 Å². The molecule has 1 aromatic heterocycles. The summed E-state index contributed by atoms with van der Waals surface area (Å²) in [6.45, 7) is 0. The van der Waals surface area contributed by atoms with Gasteiger partial charge >= 0.3 is 0 Å². The highest BCUT2D eigenvalue weighted by Crippen LogP contribution is 2.41. The summed E-state index contributed by atoms with van der Waals surface area (Å²) in [6.07, 6.45) is 0. The summed E-state index contributed by atoms with van der Waals surface area (Å²) in [7, 11) is 0. The Morgan fingerprint density at radius 3 is 1.06 bits per heavy atom. The van der Waals surface area contributed by atoms with Crippen LogP contribution in [-0.4, -0.2) is 14.8 Å². The van der Waals surface area contributed by atoms with Gasteiger partial charge in [0.05, 0.1) is 5.69 Å². The number of hydrogen-bond donors (Lipinski definition) is 0. The third-order valence-corrected chi connectivity index (χ3v) is 12.1. The summed E-state index contributed by atoms with van der Waals surface area (Å²) in [5.41, 5.74) is 17.8. The van der Waals surface area contributed by atoms with Gasteiger partial charge in [0.15, 0.2) is 11.6 Å². The molecule has 0 N–H and O–H groups in total. The molecule has 0 amide bonds. The molecule has 0 unspecified atom stereocenters. The predicted octanol–water partition coefficient (Wildman–Crippen LogP) is 16.4. The Morgan fingerprint density at radius 2 is 0.591 bits per heavy atom. The smallest absolute Gasteiger partial charge is 0.182 e. The maximum atomic E-state index is 5.20. The molecule has 0 saturated heterocycles. The van der Waals surface area contributed by atoms with Crippen molar-refractivity contribution in [3.8, 4) is 84.1 Å². The van der Waals surface area contributed by atoms with Crippen molar-refractivity contribution in [3.05, 3.63) is 267 Å². The van der Waals surface area contributed by atoms with E-state index in [9.17, 15) is 0 Å². The molecule has 4 nitrogen and oxygen atoms in total. The van der Waals surface area contributed by atoms with Gasteiger partial charge in [-0.05, 0) is 104 Å². The van der Waals surface area contributed by atoms with Gasteiger partial charge in [-0.2, -0.15) is 0 Å². The molecule has 11 aromatic rings. The zero-order chi connectivity index (χ0) is 44.1. The van der Waals surface area contributed by atoms with Crippen LogP contribution in [0.3, 0.4) is 0 Å². The van der Waals surface area contributed by atoms with Gasteiger partial charge in [0.25, 0.3) is 0 Å². The van der Waals surface area contributed by atoms with Crippen LogP contribution in [0.5, 0.6) is 0 Å². The van der Waals surface area contributed by atoms with E-state index in [1.807, 2.05) is 16.8 Å². The van der Waals surface area contributed by atoms with Gasteiger partial charge in [0.2, 0.25) is 0 Å². The predicted molar refractivity (Wildman–Crippen MR) is 274 cm³/mol. The normalized spacial score (nSPS) is 11.0. The topological polar surface area (TPSA) is 34.0 Å². The quantitative estimate of drug-likeness (QED) is 0.130. The minimum Gasteiger partial charge on any atom is -0.311 e. The number of rotatable bonds is 11. The minimum atomic E-state index is 0.670. The van der Waals surface area contributed by atoms with Gasteiger partial charge in [0.1, 0.15) is 0 Å². The minimum absolute atomic E-state index is 0.670. The highest BCUT2D eigenvalue weighted by molar-refractivity contribution is 5.92. The molecule has 0 radical (unpaired) electrons. The number of anilines is 3. The molecule has 0 atom stereocenters. The van der Waals surface area contributed by atoms with Gasteiger partial charge < -0.3 is 4.90 Å². The van der Waals surface area contributed by atoms with Gasteiger partial charge in [-0.15, -0.1) is 5.10 Å². The van der Waals surface area contributed by atoms with E-state index in [1.165, 1.54) is 27.8 Å². The van der Waals surface area contributed by atoms with E-state index >= 15 is 0 Å². The Kier molecular flexibility index (Phi) is 10.9. The van der Waals surface area contributed by atoms with Crippen molar-refractivity contribution in [3.63, 3.8) is 0 Å². The van der Waals surface area contributed by atoms with E-state index in [0.717, 1.165) is 67.5 Å². The molecule has 11 rings (SSSR count). The first-order valence-corrected chi connectivity index (χ1v) is 22.3. The van der Waals surface area contributed by atoms with Crippen LogP contribution >= 0.6 is 0 Å². The van der Waals surface area contributed by atoms with Crippen molar-refractivity contribution >= 4 is 17.1 Å². The van der Waals surface area contributed by atoms with Crippen molar-refractivity contribution in [2.75, 3.05) is 4.90 Å². The molecule has 1 heterocycles. The van der Waals surface area contributed by atoms with Gasteiger partial charge in [-0.3, -0.25) is 0 Å². The lowest BCUT2D eigenvalue weighted by molar-refractivity contribution is 0.891. The van der Waals surface area contributed by atoms with Crippen LogP contribution in [0.2, 0.25) is 0 Å². The molecule has 312 valence electrons. The number of hydrogen-bond acceptors (Lipinski definition) is 3. The van der Waals surface area contributed by atoms with Crippen LogP contribution in [0.4, 0.5) is 17.1 Å². The van der Waals surface area contributed by atoms with Crippen LogP contribution in [-0.2, 0) is 0 Å². The van der Waals surface area contributed by atoms with Crippen molar-refractivity contribution < 1.29 is 0 Å². The average Bonchev–Trinajstić information content (AvgIpc) is 3.86. The fourth-order valence-corrected chi connectivity index (χ4v) is 8.80. The van der Waals surface area contributed by atoms with E-state index in [2.05, 4.69) is 260 Å². The highest BCUT2D eigenvalue weighted by atomic mass is 15.4. The first kappa shape index (κ1) is 40.0. The van der Waals surface area contributed by atoms with Crippen LogP contribution in [0, 0.1) is 0 Å². The molecule has 0 aliphatic rings. The molecule has 0 aliphatic heterocycles. The summed E-state index contributed by atoms with van der Waals surface area (Å²) < 4.78 is 1.98. The number of aromatic nitrogens is 3. The van der Waals surface area contributed by atoms with Gasteiger partial charge in [-0.1, -0.05) is 218 Å². The molecule has 0 spiro atoms. The SMILES string of the molecule is c1ccc(-c2ccc(-c3nc(-c4ccc(-c5ccccc5)cc4)n(-c4ccc(-c5ccccc5-c5ccccc5-c5ccc(N(c6ccccc6)c6ccccc6)cc5)cc4)n3)cc2)cc1. The van der Waals surface area contributed by atoms with Gasteiger partial charge in [0, 0.05) is 28.2 Å². The molecular weight excluding hydrogens is 801 g/mol. The maximum Gasteiger partial charge on any atom is 0.182 e. The van der Waals surface area contributed by atoms with E-state index in [1.54, 1.807) is 0 Å². The fraction of sp³-hybridized carbons (Fsp3) is 0. The molecule has 0 bridgehead atoms. The third-order valence-electron chi connectivity index (χ3n) is 12.1. The molecule has 4 heteroatoms. The summed E-state index contributed by atoms with van der Waals surface area (Å²) >= 11 is 0. The van der Waals surface area contributed by atoms with Crippen molar-refractivity contribution in [2.24, 2.45) is 0 Å². The summed E-state index contributed by atoms with van der Waals surface area (Å²) in [5.74, 6) is 1.45.